The number of methoxy groups -OCH3 is 1. The molecule has 2 aromatic rings. The number of rotatable bonds is 5. The molecule has 0 aromatic heterocycles. The van der Waals surface area contributed by atoms with E-state index in [9.17, 15) is 5.26 Å². The van der Waals surface area contributed by atoms with Crippen molar-refractivity contribution in [2.45, 2.75) is 25.9 Å². The summed E-state index contributed by atoms with van der Waals surface area (Å²) in [7, 11) is 1.66. The zero-order chi connectivity index (χ0) is 15.2. The van der Waals surface area contributed by atoms with Crippen molar-refractivity contribution in [1.29, 1.82) is 5.26 Å². The third-order valence-electron chi connectivity index (χ3n) is 3.30. The van der Waals surface area contributed by atoms with Gasteiger partial charge in [0.25, 0.3) is 0 Å². The van der Waals surface area contributed by atoms with Gasteiger partial charge in [-0.05, 0) is 24.1 Å². The normalized spacial score (nSPS) is 11.8. The van der Waals surface area contributed by atoms with E-state index in [0.717, 1.165) is 16.9 Å². The Balaban J connectivity index is 2.27. The second kappa shape index (κ2) is 6.81. The molecule has 108 valence electrons. The van der Waals surface area contributed by atoms with E-state index in [0.29, 0.717) is 11.7 Å². The largest absolute Gasteiger partial charge is 0.496 e. The van der Waals surface area contributed by atoms with Gasteiger partial charge in [-0.15, -0.1) is 0 Å². The summed E-state index contributed by atoms with van der Waals surface area (Å²) in [5, 5.41) is 9.32. The van der Waals surface area contributed by atoms with Crippen LogP contribution in [0.2, 0.25) is 0 Å². The number of ether oxygens (including phenoxy) is 2. The molecule has 0 fully saturated rings. The van der Waals surface area contributed by atoms with Crippen LogP contribution in [0, 0.1) is 11.3 Å². The van der Waals surface area contributed by atoms with Gasteiger partial charge in [0.05, 0.1) is 7.11 Å². The predicted octanol–water partition coefficient (Wildman–Crippen LogP) is 4.46. The fraction of sp³-hybridized carbons (Fsp3) is 0.278. The first-order valence-corrected chi connectivity index (χ1v) is 6.95. The number of nitrogens with zero attached hydrogens (tertiary/aromatic N) is 1. The molecule has 0 radical (unpaired) electrons. The molecule has 1 atom stereocenters. The molecule has 0 spiro atoms. The van der Waals surface area contributed by atoms with E-state index < -0.39 is 6.10 Å². The summed E-state index contributed by atoms with van der Waals surface area (Å²) in [6.45, 7) is 4.20. The van der Waals surface area contributed by atoms with E-state index in [2.05, 4.69) is 19.9 Å². The average molecular weight is 281 g/mol. The Kier molecular flexibility index (Phi) is 4.84. The summed E-state index contributed by atoms with van der Waals surface area (Å²) in [5.41, 5.74) is 1.92. The Morgan fingerprint density at radius 3 is 2.33 bits per heavy atom. The Morgan fingerprint density at radius 1 is 1.05 bits per heavy atom. The molecule has 0 N–H and O–H groups in total. The first kappa shape index (κ1) is 14.9. The predicted molar refractivity (Wildman–Crippen MR) is 82.5 cm³/mol. The highest BCUT2D eigenvalue weighted by Gasteiger charge is 2.14. The van der Waals surface area contributed by atoms with E-state index in [1.165, 1.54) is 0 Å². The quantitative estimate of drug-likeness (QED) is 0.812. The molecular weight excluding hydrogens is 262 g/mol. The van der Waals surface area contributed by atoms with Gasteiger partial charge in [0, 0.05) is 11.1 Å². The van der Waals surface area contributed by atoms with Gasteiger partial charge >= 0.3 is 0 Å². The lowest BCUT2D eigenvalue weighted by Crippen LogP contribution is -2.05. The number of hydrogen-bond donors (Lipinski definition) is 0. The molecule has 0 aliphatic rings. The molecule has 1 unspecified atom stereocenters. The van der Waals surface area contributed by atoms with Crippen molar-refractivity contribution in [3.63, 3.8) is 0 Å². The van der Waals surface area contributed by atoms with Crippen LogP contribution in [0.15, 0.2) is 48.5 Å². The fourth-order valence-electron chi connectivity index (χ4n) is 2.17. The van der Waals surface area contributed by atoms with Crippen molar-refractivity contribution in [2.75, 3.05) is 7.11 Å². The molecule has 0 saturated heterocycles. The minimum Gasteiger partial charge on any atom is -0.496 e. The van der Waals surface area contributed by atoms with Crippen LogP contribution in [0.1, 0.15) is 37.0 Å². The van der Waals surface area contributed by atoms with Crippen LogP contribution < -0.4 is 9.47 Å². The van der Waals surface area contributed by atoms with E-state index in [1.807, 2.05) is 48.5 Å². The average Bonchev–Trinajstić information content (AvgIpc) is 2.53. The van der Waals surface area contributed by atoms with E-state index in [1.54, 1.807) is 7.11 Å². The smallest absolute Gasteiger partial charge is 0.209 e. The summed E-state index contributed by atoms with van der Waals surface area (Å²) in [4.78, 5) is 0. The maximum Gasteiger partial charge on any atom is 0.209 e. The fourth-order valence-corrected chi connectivity index (χ4v) is 2.17. The number of benzene rings is 2. The van der Waals surface area contributed by atoms with Gasteiger partial charge in [-0.3, -0.25) is 0 Å². The second-order valence-corrected chi connectivity index (χ2v) is 5.10. The third-order valence-corrected chi connectivity index (χ3v) is 3.30. The van der Waals surface area contributed by atoms with Crippen LogP contribution >= 0.6 is 0 Å². The van der Waals surface area contributed by atoms with Crippen LogP contribution in [0.3, 0.4) is 0 Å². The molecule has 0 bridgehead atoms. The van der Waals surface area contributed by atoms with Gasteiger partial charge in [0.2, 0.25) is 6.10 Å². The third kappa shape index (κ3) is 3.55. The minimum atomic E-state index is -0.611. The molecule has 3 nitrogen and oxygen atoms in total. The van der Waals surface area contributed by atoms with Gasteiger partial charge in [0.1, 0.15) is 17.6 Å². The molecule has 0 aliphatic heterocycles. The van der Waals surface area contributed by atoms with E-state index >= 15 is 0 Å². The monoisotopic (exact) mass is 281 g/mol. The van der Waals surface area contributed by atoms with Gasteiger partial charge in [-0.1, -0.05) is 44.2 Å². The lowest BCUT2D eigenvalue weighted by Gasteiger charge is -2.16. The van der Waals surface area contributed by atoms with Crippen LogP contribution in [0.5, 0.6) is 11.5 Å². The van der Waals surface area contributed by atoms with Gasteiger partial charge in [-0.2, -0.15) is 5.26 Å². The Bertz CT molecular complexity index is 629. The van der Waals surface area contributed by atoms with Crippen molar-refractivity contribution in [2.24, 2.45) is 0 Å². The highest BCUT2D eigenvalue weighted by molar-refractivity contribution is 5.42. The molecule has 2 rings (SSSR count). The Morgan fingerprint density at radius 2 is 1.76 bits per heavy atom. The molecular formula is C18H19NO2. The standard InChI is InChI=1S/C18H19NO2/c1-13(2)16-11-15(9-10-17(16)20-3)21-18(12-19)14-7-5-4-6-8-14/h4-11,13,18H,1-3H3. The molecule has 0 saturated carbocycles. The lowest BCUT2D eigenvalue weighted by atomic mass is 10.0. The summed E-state index contributed by atoms with van der Waals surface area (Å²) >= 11 is 0. The molecule has 3 heteroatoms. The molecule has 21 heavy (non-hydrogen) atoms. The second-order valence-electron chi connectivity index (χ2n) is 5.10. The summed E-state index contributed by atoms with van der Waals surface area (Å²) < 4.78 is 11.2. The van der Waals surface area contributed by atoms with Crippen LogP contribution in [0.25, 0.3) is 0 Å². The first-order chi connectivity index (χ1) is 10.2. The zero-order valence-electron chi connectivity index (χ0n) is 12.5. The highest BCUT2D eigenvalue weighted by atomic mass is 16.5. The topological polar surface area (TPSA) is 42.2 Å². The first-order valence-electron chi connectivity index (χ1n) is 6.95. The maximum atomic E-state index is 9.32. The van der Waals surface area contributed by atoms with Gasteiger partial charge < -0.3 is 9.47 Å². The van der Waals surface area contributed by atoms with Crippen LogP contribution in [-0.4, -0.2) is 7.11 Å². The SMILES string of the molecule is COc1ccc(OC(C#N)c2ccccc2)cc1C(C)C. The Hall–Kier alpha value is -2.47. The lowest BCUT2D eigenvalue weighted by molar-refractivity contribution is 0.261. The van der Waals surface area contributed by atoms with E-state index in [4.69, 9.17) is 9.47 Å². The summed E-state index contributed by atoms with van der Waals surface area (Å²) in [6, 6.07) is 17.3. The van der Waals surface area contributed by atoms with Crippen molar-refractivity contribution in [3.8, 4) is 17.6 Å². The van der Waals surface area contributed by atoms with Crippen molar-refractivity contribution in [3.05, 3.63) is 59.7 Å². The summed E-state index contributed by atoms with van der Waals surface area (Å²) in [6.07, 6.45) is -0.611. The van der Waals surface area contributed by atoms with Crippen molar-refractivity contribution in [1.82, 2.24) is 0 Å². The van der Waals surface area contributed by atoms with Crippen molar-refractivity contribution < 1.29 is 9.47 Å². The minimum absolute atomic E-state index is 0.320. The van der Waals surface area contributed by atoms with Crippen LogP contribution in [0.4, 0.5) is 0 Å². The molecule has 0 heterocycles. The molecule has 2 aromatic carbocycles. The van der Waals surface area contributed by atoms with Gasteiger partial charge in [0.15, 0.2) is 0 Å². The highest BCUT2D eigenvalue weighted by Crippen LogP contribution is 2.32. The number of hydrogen-bond acceptors (Lipinski definition) is 3. The molecule has 0 amide bonds. The number of nitriles is 1. The zero-order valence-corrected chi connectivity index (χ0v) is 12.5. The van der Waals surface area contributed by atoms with Gasteiger partial charge in [-0.25, -0.2) is 0 Å². The van der Waals surface area contributed by atoms with Crippen LogP contribution in [-0.2, 0) is 0 Å². The maximum absolute atomic E-state index is 9.32. The van der Waals surface area contributed by atoms with Crippen molar-refractivity contribution >= 4 is 0 Å². The Labute approximate surface area is 125 Å². The summed E-state index contributed by atoms with van der Waals surface area (Å²) in [5.74, 6) is 1.83. The molecule has 0 aliphatic carbocycles. The van der Waals surface area contributed by atoms with E-state index in [-0.39, 0.29) is 0 Å².